The number of ether oxygens (including phenoxy) is 2. The van der Waals surface area contributed by atoms with Crippen LogP contribution in [0.5, 0.6) is 0 Å². The van der Waals surface area contributed by atoms with Crippen molar-refractivity contribution in [1.29, 1.82) is 0 Å². The lowest BCUT2D eigenvalue weighted by atomic mass is 9.92. The Kier molecular flexibility index (Phi) is 11.9. The van der Waals surface area contributed by atoms with Crippen LogP contribution in [-0.4, -0.2) is 89.7 Å². The van der Waals surface area contributed by atoms with E-state index in [2.05, 4.69) is 195 Å². The molecule has 10 aromatic carbocycles. The SMILES string of the molecule is S=C1N2CC(CCCCOCc3ccccc3)CN3C(=S)N4c5ccc6ccc7c(ccc8ccc5c6c87)N5C(=S)N6CC(CCCCOCc7ccccc7)CN7C(=S)N(c8ccc9ccc%10c(ccc%11ccc8c9c%11%10)N1S4=C23)S5=C76. The van der Waals surface area contributed by atoms with Crippen LogP contribution >= 0.6 is 70.6 Å². The average molecular weight is 1190 g/mol. The third-order valence-electron chi connectivity index (χ3n) is 18.0. The van der Waals surface area contributed by atoms with Crippen LogP contribution in [0.1, 0.15) is 49.7 Å². The summed E-state index contributed by atoms with van der Waals surface area (Å²) >= 11 is 27.4. The number of anilines is 4. The second-order valence-corrected chi connectivity index (χ2v) is 27.5. The Balaban J connectivity index is 0.801. The highest BCUT2D eigenvalue weighted by atomic mass is 32.2. The number of unbranched alkanes of at least 4 members (excludes halogenated alkanes) is 2. The second-order valence-electron chi connectivity index (χ2n) is 22.8. The molecule has 2 fully saturated rings. The summed E-state index contributed by atoms with van der Waals surface area (Å²) in [5.41, 5.74) is 6.79. The fourth-order valence-electron chi connectivity index (χ4n) is 14.2. The van der Waals surface area contributed by atoms with E-state index in [0.717, 1.165) is 121 Å². The predicted octanol–water partition coefficient (Wildman–Crippen LogP) is 15.2. The minimum atomic E-state index is -0.729. The first-order valence-electron chi connectivity index (χ1n) is 28.7. The van der Waals surface area contributed by atoms with Gasteiger partial charge in [0, 0.05) is 60.9 Å². The molecule has 7 aliphatic rings. The Labute approximate surface area is 503 Å². The highest BCUT2D eigenvalue weighted by Crippen LogP contribution is 2.57. The number of nitrogens with zero attached hydrogens (tertiary/aromatic N) is 8. The molecule has 0 unspecified atom stereocenters. The standard InChI is InChI=1S/C66H56N8O2S6/c77-61-67-35-43(15-7-9-33-75-39-41-11-3-1-4-12-41)36-68-62(78)72-54-30-22-46-20-28-52-56(32-24-48-18-26-50(54)58(46)60(48)52)74-64(80)70-38-44(16-8-10-34-76-40-42-13-5-2-6-14-42)37-69-63(79)73(82(74)66(69)70)55-31-23-47-17-25-49-53(71(61)81(72)65(67)68)29-21-45-19-27-51(55)59(47)57(45)49/h1-6,11-14,17-32,43-44H,7-10,15-16,33-40H2. The molecule has 0 atom stereocenters. The van der Waals surface area contributed by atoms with Crippen molar-refractivity contribution < 1.29 is 9.47 Å². The van der Waals surface area contributed by atoms with E-state index in [-0.39, 0.29) is 0 Å². The van der Waals surface area contributed by atoms with Crippen molar-refractivity contribution in [2.24, 2.45) is 11.8 Å². The first-order chi connectivity index (χ1) is 40.4. The van der Waals surface area contributed by atoms with Crippen LogP contribution in [0.3, 0.4) is 0 Å². The number of benzene rings is 10. The lowest BCUT2D eigenvalue weighted by Gasteiger charge is -2.41. The number of hydrogen-bond acceptors (Lipinski definition) is 6. The number of hydrogen-bond donors (Lipinski definition) is 0. The maximum absolute atomic E-state index is 6.84. The molecule has 408 valence electrons. The summed E-state index contributed by atoms with van der Waals surface area (Å²) in [5.74, 6) is 0.710. The zero-order valence-electron chi connectivity index (χ0n) is 44.9. The lowest BCUT2D eigenvalue weighted by Crippen LogP contribution is -2.56. The Hall–Kier alpha value is -6.60. The topological polar surface area (TPSA) is 44.4 Å². The highest BCUT2D eigenvalue weighted by molar-refractivity contribution is 8.22. The van der Waals surface area contributed by atoms with Crippen LogP contribution < -0.4 is 17.2 Å². The van der Waals surface area contributed by atoms with E-state index in [4.69, 9.17) is 58.3 Å². The van der Waals surface area contributed by atoms with Gasteiger partial charge in [0.2, 0.25) is 0 Å². The third-order valence-corrected chi connectivity index (χ3v) is 24.4. The summed E-state index contributed by atoms with van der Waals surface area (Å²) in [4.78, 5) is 9.77. The van der Waals surface area contributed by atoms with Gasteiger partial charge in [-0.1, -0.05) is 146 Å². The molecular weight excluding hydrogens is 1130 g/mol. The predicted molar refractivity (Wildman–Crippen MR) is 359 cm³/mol. The fourth-order valence-corrected chi connectivity index (χ4v) is 21.1. The van der Waals surface area contributed by atoms with Gasteiger partial charge in [-0.15, -0.1) is 0 Å². The largest absolute Gasteiger partial charge is 0.377 e. The summed E-state index contributed by atoms with van der Waals surface area (Å²) < 4.78 is 22.2. The van der Waals surface area contributed by atoms with Gasteiger partial charge in [-0.2, -0.15) is 0 Å². The zero-order chi connectivity index (χ0) is 54.5. The van der Waals surface area contributed by atoms with Gasteiger partial charge in [0.1, 0.15) is 0 Å². The molecule has 0 spiro atoms. The molecule has 0 N–H and O–H groups in total. The van der Waals surface area contributed by atoms with Crippen LogP contribution in [0.2, 0.25) is 0 Å². The Morgan fingerprint density at radius 3 is 0.951 bits per heavy atom. The molecule has 82 heavy (non-hydrogen) atoms. The van der Waals surface area contributed by atoms with Gasteiger partial charge in [0.15, 0.2) is 30.7 Å². The van der Waals surface area contributed by atoms with E-state index in [1.165, 1.54) is 86.0 Å². The molecule has 0 amide bonds. The van der Waals surface area contributed by atoms with Gasteiger partial charge in [-0.25, -0.2) is 17.2 Å². The minimum absolute atomic E-state index is 0.355. The van der Waals surface area contributed by atoms with Crippen LogP contribution in [0.25, 0.3) is 64.6 Å². The summed E-state index contributed by atoms with van der Waals surface area (Å²) in [7, 11) is -1.46. The van der Waals surface area contributed by atoms with E-state index in [1.807, 2.05) is 0 Å². The van der Waals surface area contributed by atoms with E-state index in [1.54, 1.807) is 0 Å². The molecule has 0 radical (unpaired) electrons. The monoisotopic (exact) mass is 1180 g/mol. The molecule has 2 saturated heterocycles. The molecule has 0 aromatic heterocycles. The fraction of sp³-hybridized carbons (Fsp3) is 0.242. The first kappa shape index (κ1) is 50.0. The Morgan fingerprint density at radius 1 is 0.354 bits per heavy atom. The molecule has 16 heteroatoms. The van der Waals surface area contributed by atoms with Crippen LogP contribution in [0.15, 0.2) is 158 Å². The highest BCUT2D eigenvalue weighted by Gasteiger charge is 2.54. The molecule has 12 bridgehead atoms. The van der Waals surface area contributed by atoms with Crippen molar-refractivity contribution in [3.8, 4) is 0 Å². The molecular formula is C66H56N8O2S6. The van der Waals surface area contributed by atoms with Crippen LogP contribution in [0.4, 0.5) is 22.7 Å². The smallest absolute Gasteiger partial charge is 0.193 e. The molecule has 10 nitrogen and oxygen atoms in total. The molecule has 0 saturated carbocycles. The summed E-state index contributed by atoms with van der Waals surface area (Å²) in [6.07, 6.45) is 6.25. The minimum Gasteiger partial charge on any atom is -0.377 e. The van der Waals surface area contributed by atoms with Crippen molar-refractivity contribution in [1.82, 2.24) is 19.6 Å². The van der Waals surface area contributed by atoms with Gasteiger partial charge in [0.05, 0.1) is 57.7 Å². The van der Waals surface area contributed by atoms with E-state index < -0.39 is 21.7 Å². The maximum atomic E-state index is 6.84. The average Bonchev–Trinajstić information content (AvgIpc) is 3.65. The zero-order valence-corrected chi connectivity index (χ0v) is 49.8. The van der Waals surface area contributed by atoms with Crippen LogP contribution in [-0.2, 0) is 22.7 Å². The van der Waals surface area contributed by atoms with E-state index >= 15 is 0 Å². The molecule has 7 heterocycles. The maximum Gasteiger partial charge on any atom is 0.193 e. The van der Waals surface area contributed by atoms with E-state index in [9.17, 15) is 0 Å². The first-order valence-corrected chi connectivity index (χ1v) is 32.6. The van der Waals surface area contributed by atoms with Gasteiger partial charge in [-0.05, 0) is 165 Å². The summed E-state index contributed by atoms with van der Waals surface area (Å²) in [6, 6.07) is 58.0. The summed E-state index contributed by atoms with van der Waals surface area (Å²) in [5, 5.41) is 20.0. The van der Waals surface area contributed by atoms with Crippen molar-refractivity contribution in [2.75, 3.05) is 56.6 Å². The molecule has 17 rings (SSSR count). The van der Waals surface area contributed by atoms with Crippen molar-refractivity contribution in [2.45, 2.75) is 51.7 Å². The van der Waals surface area contributed by atoms with Gasteiger partial charge in [-0.3, -0.25) is 19.6 Å². The molecule has 7 aliphatic heterocycles. The lowest BCUT2D eigenvalue weighted by molar-refractivity contribution is 0.115. The number of rotatable bonds is 14. The van der Waals surface area contributed by atoms with Crippen molar-refractivity contribution >= 4 is 189 Å². The molecule has 10 aromatic rings. The van der Waals surface area contributed by atoms with Crippen molar-refractivity contribution in [3.63, 3.8) is 0 Å². The second kappa shape index (κ2) is 19.5. The third kappa shape index (κ3) is 7.44. The Bertz CT molecular complexity index is 3940. The molecule has 0 aliphatic carbocycles. The Morgan fingerprint density at radius 2 is 0.646 bits per heavy atom. The van der Waals surface area contributed by atoms with Gasteiger partial charge < -0.3 is 9.47 Å². The normalized spacial score (nSPS) is 19.6. The quantitative estimate of drug-likeness (QED) is 0.0590. The van der Waals surface area contributed by atoms with Crippen molar-refractivity contribution in [3.05, 3.63) is 169 Å². The van der Waals surface area contributed by atoms with Crippen LogP contribution in [0, 0.1) is 11.8 Å². The van der Waals surface area contributed by atoms with Gasteiger partial charge in [0.25, 0.3) is 0 Å². The number of thiocarbonyl (C=S) groups is 4. The summed E-state index contributed by atoms with van der Waals surface area (Å²) in [6.45, 7) is 6.13. The van der Waals surface area contributed by atoms with Gasteiger partial charge >= 0.3 is 0 Å². The number of fused-ring (bicyclic) bond motifs is 4. The van der Waals surface area contributed by atoms with E-state index in [0.29, 0.717) is 25.0 Å².